The number of rotatable bonds is 7. The van der Waals surface area contributed by atoms with E-state index in [9.17, 15) is 9.59 Å². The molecule has 4 nitrogen and oxygen atoms in total. The van der Waals surface area contributed by atoms with Crippen molar-refractivity contribution in [2.45, 2.75) is 57.9 Å². The lowest BCUT2D eigenvalue weighted by atomic mass is 9.87. The zero-order chi connectivity index (χ0) is 15.8. The predicted molar refractivity (Wildman–Crippen MR) is 87.4 cm³/mol. The van der Waals surface area contributed by atoms with E-state index in [1.807, 2.05) is 6.07 Å². The normalized spacial score (nSPS) is 16.7. The van der Waals surface area contributed by atoms with E-state index >= 15 is 0 Å². The van der Waals surface area contributed by atoms with Gasteiger partial charge in [0.2, 0.25) is 11.8 Å². The first-order valence-corrected chi connectivity index (χ1v) is 8.28. The lowest BCUT2D eigenvalue weighted by molar-refractivity contribution is -0.122. The van der Waals surface area contributed by atoms with Gasteiger partial charge in [0.25, 0.3) is 0 Å². The Bertz CT molecular complexity index is 514. The van der Waals surface area contributed by atoms with Crippen molar-refractivity contribution in [1.82, 2.24) is 10.6 Å². The first kappa shape index (κ1) is 16.5. The molecule has 1 aliphatic carbocycles. The summed E-state index contributed by atoms with van der Waals surface area (Å²) in [7, 11) is 0. The van der Waals surface area contributed by atoms with E-state index in [0.29, 0.717) is 13.0 Å². The first-order chi connectivity index (χ1) is 10.7. The Hall–Kier alpha value is -1.84. The van der Waals surface area contributed by atoms with Crippen molar-refractivity contribution in [3.05, 3.63) is 35.4 Å². The van der Waals surface area contributed by atoms with Gasteiger partial charge in [-0.15, -0.1) is 0 Å². The lowest BCUT2D eigenvalue weighted by Gasteiger charge is -2.26. The second-order valence-corrected chi connectivity index (χ2v) is 6.00. The van der Waals surface area contributed by atoms with Crippen LogP contribution in [0.25, 0.3) is 0 Å². The molecule has 1 aliphatic rings. The quantitative estimate of drug-likeness (QED) is 0.761. The van der Waals surface area contributed by atoms with E-state index in [-0.39, 0.29) is 17.9 Å². The topological polar surface area (TPSA) is 58.2 Å². The first-order valence-electron chi connectivity index (χ1n) is 8.28. The summed E-state index contributed by atoms with van der Waals surface area (Å²) in [6.07, 6.45) is 6.63. The van der Waals surface area contributed by atoms with Gasteiger partial charge in [-0.2, -0.15) is 0 Å². The van der Waals surface area contributed by atoms with Gasteiger partial charge in [0.15, 0.2) is 0 Å². The van der Waals surface area contributed by atoms with Crippen molar-refractivity contribution in [3.8, 4) is 0 Å². The third kappa shape index (κ3) is 5.17. The molecule has 0 radical (unpaired) electrons. The fourth-order valence-corrected chi connectivity index (χ4v) is 3.02. The summed E-state index contributed by atoms with van der Waals surface area (Å²) in [5, 5.41) is 5.95. The number of hydrogen-bond acceptors (Lipinski definition) is 2. The molecule has 0 saturated carbocycles. The van der Waals surface area contributed by atoms with E-state index < -0.39 is 0 Å². The largest absolute Gasteiger partial charge is 0.356 e. The average molecular weight is 302 g/mol. The highest BCUT2D eigenvalue weighted by Crippen LogP contribution is 2.29. The summed E-state index contributed by atoms with van der Waals surface area (Å²) in [5.74, 6) is 0.148. The van der Waals surface area contributed by atoms with Crippen LogP contribution in [0.2, 0.25) is 0 Å². The maximum absolute atomic E-state index is 12.1. The van der Waals surface area contributed by atoms with E-state index in [2.05, 4.69) is 28.8 Å². The van der Waals surface area contributed by atoms with Gasteiger partial charge in [0, 0.05) is 19.9 Å². The van der Waals surface area contributed by atoms with Gasteiger partial charge >= 0.3 is 0 Å². The molecule has 1 atom stereocenters. The number of carbonyl (C=O) groups is 2. The Morgan fingerprint density at radius 2 is 2.00 bits per heavy atom. The standard InChI is InChI=1S/C18H26N2O2/c1-14(21)19-13-6-2-3-12-18(22)20-17-11-7-9-15-8-4-5-10-16(15)17/h4-5,8,10,17H,2-3,6-7,9,11-13H2,1H3,(H,19,21)(H,20,22). The summed E-state index contributed by atoms with van der Waals surface area (Å²) in [5.41, 5.74) is 2.65. The van der Waals surface area contributed by atoms with E-state index in [1.165, 1.54) is 18.1 Å². The third-order valence-corrected chi connectivity index (χ3v) is 4.16. The smallest absolute Gasteiger partial charge is 0.220 e. The van der Waals surface area contributed by atoms with Gasteiger partial charge in [-0.25, -0.2) is 0 Å². The number of fused-ring (bicyclic) bond motifs is 1. The van der Waals surface area contributed by atoms with Crippen LogP contribution in [0.1, 0.15) is 62.6 Å². The molecule has 1 unspecified atom stereocenters. The molecule has 1 aromatic rings. The molecule has 2 N–H and O–H groups in total. The van der Waals surface area contributed by atoms with Gasteiger partial charge in [0.1, 0.15) is 0 Å². The minimum Gasteiger partial charge on any atom is -0.356 e. The molecule has 22 heavy (non-hydrogen) atoms. The van der Waals surface area contributed by atoms with Crippen molar-refractivity contribution in [2.24, 2.45) is 0 Å². The Morgan fingerprint density at radius 1 is 1.18 bits per heavy atom. The molecule has 1 aromatic carbocycles. The van der Waals surface area contributed by atoms with Gasteiger partial charge in [-0.3, -0.25) is 9.59 Å². The van der Waals surface area contributed by atoms with Crippen LogP contribution in [0, 0.1) is 0 Å². The maximum atomic E-state index is 12.1. The summed E-state index contributed by atoms with van der Waals surface area (Å²) in [6.45, 7) is 2.22. The van der Waals surface area contributed by atoms with Crippen LogP contribution < -0.4 is 10.6 Å². The van der Waals surface area contributed by atoms with Crippen LogP contribution in [0.4, 0.5) is 0 Å². The molecule has 0 spiro atoms. The second-order valence-electron chi connectivity index (χ2n) is 6.00. The number of nitrogens with one attached hydrogen (secondary N) is 2. The van der Waals surface area contributed by atoms with Crippen LogP contribution >= 0.6 is 0 Å². The highest BCUT2D eigenvalue weighted by molar-refractivity contribution is 5.76. The molecule has 0 bridgehead atoms. The van der Waals surface area contributed by atoms with Crippen LogP contribution in [-0.2, 0) is 16.0 Å². The van der Waals surface area contributed by atoms with Crippen LogP contribution in [-0.4, -0.2) is 18.4 Å². The molecular formula is C18H26N2O2. The van der Waals surface area contributed by atoms with E-state index in [1.54, 1.807) is 0 Å². The SMILES string of the molecule is CC(=O)NCCCCCC(=O)NC1CCCc2ccccc21. The number of carbonyl (C=O) groups excluding carboxylic acids is 2. The predicted octanol–water partition coefficient (Wildman–Crippen LogP) is 2.88. The van der Waals surface area contributed by atoms with Gasteiger partial charge in [-0.1, -0.05) is 30.7 Å². The molecule has 0 heterocycles. The van der Waals surface area contributed by atoms with Crippen molar-refractivity contribution in [1.29, 1.82) is 0 Å². The Balaban J connectivity index is 1.69. The van der Waals surface area contributed by atoms with Crippen molar-refractivity contribution < 1.29 is 9.59 Å². The summed E-state index contributed by atoms with van der Waals surface area (Å²) < 4.78 is 0. The molecule has 0 saturated heterocycles. The highest BCUT2D eigenvalue weighted by Gasteiger charge is 2.20. The average Bonchev–Trinajstić information content (AvgIpc) is 2.51. The number of unbranched alkanes of at least 4 members (excludes halogenated alkanes) is 2. The Morgan fingerprint density at radius 3 is 2.82 bits per heavy atom. The summed E-state index contributed by atoms with van der Waals surface area (Å²) in [6, 6.07) is 8.59. The van der Waals surface area contributed by atoms with Gasteiger partial charge < -0.3 is 10.6 Å². The number of benzene rings is 1. The van der Waals surface area contributed by atoms with Gasteiger partial charge in [0.05, 0.1) is 6.04 Å². The molecule has 2 rings (SSSR count). The minimum atomic E-state index is 0.00806. The Labute approximate surface area is 132 Å². The fraction of sp³-hybridized carbons (Fsp3) is 0.556. The van der Waals surface area contributed by atoms with Crippen molar-refractivity contribution in [3.63, 3.8) is 0 Å². The monoisotopic (exact) mass is 302 g/mol. The van der Waals surface area contributed by atoms with Crippen LogP contribution in [0.3, 0.4) is 0 Å². The van der Waals surface area contributed by atoms with E-state index in [4.69, 9.17) is 0 Å². The maximum Gasteiger partial charge on any atom is 0.220 e. The molecule has 2 amide bonds. The zero-order valence-corrected chi connectivity index (χ0v) is 13.4. The lowest BCUT2D eigenvalue weighted by Crippen LogP contribution is -2.30. The Kier molecular flexibility index (Phi) is 6.44. The number of hydrogen-bond donors (Lipinski definition) is 2. The summed E-state index contributed by atoms with van der Waals surface area (Å²) >= 11 is 0. The molecule has 0 aliphatic heterocycles. The zero-order valence-electron chi connectivity index (χ0n) is 13.4. The minimum absolute atomic E-state index is 0.00806. The van der Waals surface area contributed by atoms with E-state index in [0.717, 1.165) is 38.5 Å². The summed E-state index contributed by atoms with van der Waals surface area (Å²) in [4.78, 5) is 22.8. The van der Waals surface area contributed by atoms with Crippen LogP contribution in [0.5, 0.6) is 0 Å². The van der Waals surface area contributed by atoms with Crippen molar-refractivity contribution >= 4 is 11.8 Å². The fourth-order valence-electron chi connectivity index (χ4n) is 3.02. The number of amides is 2. The molecule has 0 aromatic heterocycles. The highest BCUT2D eigenvalue weighted by atomic mass is 16.2. The molecular weight excluding hydrogens is 276 g/mol. The molecule has 4 heteroatoms. The van der Waals surface area contributed by atoms with Crippen molar-refractivity contribution in [2.75, 3.05) is 6.54 Å². The molecule has 0 fully saturated rings. The molecule has 120 valence electrons. The van der Waals surface area contributed by atoms with Crippen LogP contribution in [0.15, 0.2) is 24.3 Å². The second kappa shape index (κ2) is 8.57. The number of aryl methyl sites for hydroxylation is 1. The van der Waals surface area contributed by atoms with Gasteiger partial charge in [-0.05, 0) is 43.2 Å². The third-order valence-electron chi connectivity index (χ3n) is 4.16.